The fourth-order valence-corrected chi connectivity index (χ4v) is 1.58. The molecule has 0 aliphatic carbocycles. The van der Waals surface area contributed by atoms with E-state index in [0.717, 1.165) is 5.56 Å². The zero-order chi connectivity index (χ0) is 10.8. The lowest BCUT2D eigenvalue weighted by Gasteiger charge is -2.03. The van der Waals surface area contributed by atoms with Crippen molar-refractivity contribution in [1.82, 2.24) is 9.78 Å². The van der Waals surface area contributed by atoms with Crippen molar-refractivity contribution in [3.05, 3.63) is 41.2 Å². The number of nitrogens with zero attached hydrogens (tertiary/aromatic N) is 2. The molecule has 0 aliphatic rings. The first-order chi connectivity index (χ1) is 7.22. The van der Waals surface area contributed by atoms with Gasteiger partial charge in [-0.05, 0) is 12.1 Å². The van der Waals surface area contributed by atoms with Gasteiger partial charge in [0.15, 0.2) is 0 Å². The summed E-state index contributed by atoms with van der Waals surface area (Å²) in [5, 5.41) is 13.9. The van der Waals surface area contributed by atoms with Gasteiger partial charge in [0.25, 0.3) is 0 Å². The highest BCUT2D eigenvalue weighted by atomic mass is 35.5. The highest BCUT2D eigenvalue weighted by Gasteiger charge is 2.08. The van der Waals surface area contributed by atoms with E-state index < -0.39 is 0 Å². The van der Waals surface area contributed by atoms with Crippen molar-refractivity contribution in [3.63, 3.8) is 0 Å². The molecule has 0 atom stereocenters. The van der Waals surface area contributed by atoms with Gasteiger partial charge in [-0.15, -0.1) is 0 Å². The van der Waals surface area contributed by atoms with Crippen molar-refractivity contribution in [1.29, 1.82) is 0 Å². The molecular weight excluding hydrogens is 214 g/mol. The molecule has 0 aliphatic heterocycles. The number of rotatable bonds is 2. The SMILES string of the molecule is NCc1cnn(-c2cccc(O)c2)c1Cl. The van der Waals surface area contributed by atoms with Gasteiger partial charge in [0, 0.05) is 18.2 Å². The van der Waals surface area contributed by atoms with Crippen LogP contribution in [0.2, 0.25) is 5.15 Å². The smallest absolute Gasteiger partial charge is 0.137 e. The van der Waals surface area contributed by atoms with Crippen LogP contribution < -0.4 is 5.73 Å². The van der Waals surface area contributed by atoms with E-state index in [1.165, 1.54) is 4.68 Å². The second-order valence-corrected chi connectivity index (χ2v) is 3.45. The summed E-state index contributed by atoms with van der Waals surface area (Å²) in [4.78, 5) is 0. The predicted molar refractivity (Wildman–Crippen MR) is 58.1 cm³/mol. The molecule has 0 saturated heterocycles. The van der Waals surface area contributed by atoms with Gasteiger partial charge in [0.1, 0.15) is 10.9 Å². The molecule has 78 valence electrons. The lowest BCUT2D eigenvalue weighted by atomic mass is 10.3. The first-order valence-corrected chi connectivity index (χ1v) is 4.82. The minimum Gasteiger partial charge on any atom is -0.508 e. The number of benzene rings is 1. The number of aromatic hydroxyl groups is 1. The number of phenolic OH excluding ortho intramolecular Hbond substituents is 1. The molecule has 5 heteroatoms. The van der Waals surface area contributed by atoms with E-state index in [4.69, 9.17) is 17.3 Å². The summed E-state index contributed by atoms with van der Waals surface area (Å²) in [7, 11) is 0. The van der Waals surface area contributed by atoms with Gasteiger partial charge >= 0.3 is 0 Å². The second-order valence-electron chi connectivity index (χ2n) is 3.10. The maximum atomic E-state index is 9.32. The summed E-state index contributed by atoms with van der Waals surface area (Å²) in [6.45, 7) is 0.345. The van der Waals surface area contributed by atoms with Crippen molar-refractivity contribution in [2.24, 2.45) is 5.73 Å². The molecule has 0 radical (unpaired) electrons. The van der Waals surface area contributed by atoms with Gasteiger partial charge in [0.2, 0.25) is 0 Å². The van der Waals surface area contributed by atoms with Gasteiger partial charge in [0.05, 0.1) is 11.9 Å². The fraction of sp³-hybridized carbons (Fsp3) is 0.100. The van der Waals surface area contributed by atoms with E-state index in [1.54, 1.807) is 30.5 Å². The number of hydrogen-bond donors (Lipinski definition) is 2. The molecule has 0 amide bonds. The Labute approximate surface area is 91.9 Å². The van der Waals surface area contributed by atoms with E-state index in [0.29, 0.717) is 17.4 Å². The largest absolute Gasteiger partial charge is 0.508 e. The molecule has 3 N–H and O–H groups in total. The number of aromatic nitrogens is 2. The Hall–Kier alpha value is -1.52. The second kappa shape index (κ2) is 3.92. The first kappa shape index (κ1) is 10.0. The van der Waals surface area contributed by atoms with Crippen LogP contribution in [0.4, 0.5) is 0 Å². The quantitative estimate of drug-likeness (QED) is 0.815. The highest BCUT2D eigenvalue weighted by molar-refractivity contribution is 6.30. The van der Waals surface area contributed by atoms with Crippen molar-refractivity contribution in [2.75, 3.05) is 0 Å². The van der Waals surface area contributed by atoms with Crippen LogP contribution in [0.15, 0.2) is 30.5 Å². The van der Waals surface area contributed by atoms with E-state index in [2.05, 4.69) is 5.10 Å². The minimum atomic E-state index is 0.174. The Morgan fingerprint density at radius 3 is 2.87 bits per heavy atom. The minimum absolute atomic E-state index is 0.174. The zero-order valence-electron chi connectivity index (χ0n) is 7.89. The third-order valence-electron chi connectivity index (χ3n) is 2.07. The molecular formula is C10H10ClN3O. The highest BCUT2D eigenvalue weighted by Crippen LogP contribution is 2.21. The van der Waals surface area contributed by atoms with Crippen molar-refractivity contribution >= 4 is 11.6 Å². The van der Waals surface area contributed by atoms with Gasteiger partial charge < -0.3 is 10.8 Å². The molecule has 4 nitrogen and oxygen atoms in total. The van der Waals surface area contributed by atoms with Crippen LogP contribution in [-0.4, -0.2) is 14.9 Å². The Bertz CT molecular complexity index is 481. The van der Waals surface area contributed by atoms with Crippen molar-refractivity contribution in [3.8, 4) is 11.4 Å². The lowest BCUT2D eigenvalue weighted by Crippen LogP contribution is -1.98. The van der Waals surface area contributed by atoms with Crippen LogP contribution in [0.5, 0.6) is 5.75 Å². The Balaban J connectivity index is 2.49. The molecule has 0 fully saturated rings. The third kappa shape index (κ3) is 1.82. The maximum absolute atomic E-state index is 9.32. The molecule has 15 heavy (non-hydrogen) atoms. The zero-order valence-corrected chi connectivity index (χ0v) is 8.65. The van der Waals surface area contributed by atoms with Gasteiger partial charge in [-0.2, -0.15) is 5.10 Å². The van der Waals surface area contributed by atoms with Gasteiger partial charge in [-0.3, -0.25) is 0 Å². The van der Waals surface area contributed by atoms with Gasteiger partial charge in [-0.1, -0.05) is 17.7 Å². The molecule has 1 heterocycles. The standard InChI is InChI=1S/C10H10ClN3O/c11-10-7(5-12)6-13-14(10)8-2-1-3-9(15)4-8/h1-4,6,15H,5,12H2. The van der Waals surface area contributed by atoms with Crippen LogP contribution in [0, 0.1) is 0 Å². The molecule has 1 aromatic heterocycles. The molecule has 0 saturated carbocycles. The Morgan fingerprint density at radius 2 is 2.27 bits per heavy atom. The molecule has 1 aromatic carbocycles. The van der Waals surface area contributed by atoms with Crippen LogP contribution in [0.25, 0.3) is 5.69 Å². The lowest BCUT2D eigenvalue weighted by molar-refractivity contribution is 0.475. The van der Waals surface area contributed by atoms with Crippen molar-refractivity contribution in [2.45, 2.75) is 6.54 Å². The molecule has 0 unspecified atom stereocenters. The number of phenols is 1. The fourth-order valence-electron chi connectivity index (χ4n) is 1.31. The van der Waals surface area contributed by atoms with Crippen LogP contribution in [0.1, 0.15) is 5.56 Å². The topological polar surface area (TPSA) is 64.1 Å². The van der Waals surface area contributed by atoms with E-state index in [9.17, 15) is 5.11 Å². The summed E-state index contributed by atoms with van der Waals surface area (Å²) >= 11 is 6.05. The monoisotopic (exact) mass is 223 g/mol. The number of halogens is 1. The Kier molecular flexibility index (Phi) is 2.62. The van der Waals surface area contributed by atoms with E-state index in [-0.39, 0.29) is 5.75 Å². The van der Waals surface area contributed by atoms with Crippen LogP contribution >= 0.6 is 11.6 Å². The van der Waals surface area contributed by atoms with E-state index >= 15 is 0 Å². The number of nitrogens with two attached hydrogens (primary N) is 1. The number of hydrogen-bond acceptors (Lipinski definition) is 3. The van der Waals surface area contributed by atoms with Crippen LogP contribution in [-0.2, 0) is 6.54 Å². The third-order valence-corrected chi connectivity index (χ3v) is 2.48. The predicted octanol–water partition coefficient (Wildman–Crippen LogP) is 1.69. The van der Waals surface area contributed by atoms with Gasteiger partial charge in [-0.25, -0.2) is 4.68 Å². The molecule has 2 aromatic rings. The summed E-state index contributed by atoms with van der Waals surface area (Å²) in [5.41, 5.74) is 6.97. The van der Waals surface area contributed by atoms with E-state index in [1.807, 2.05) is 0 Å². The molecule has 0 spiro atoms. The summed E-state index contributed by atoms with van der Waals surface area (Å²) in [6, 6.07) is 6.70. The molecule has 2 rings (SSSR count). The summed E-state index contributed by atoms with van der Waals surface area (Å²) in [6.07, 6.45) is 1.62. The average molecular weight is 224 g/mol. The molecule has 0 bridgehead atoms. The maximum Gasteiger partial charge on any atom is 0.137 e. The Morgan fingerprint density at radius 1 is 1.47 bits per heavy atom. The normalized spacial score (nSPS) is 10.5. The summed E-state index contributed by atoms with van der Waals surface area (Å²) in [5.74, 6) is 0.174. The summed E-state index contributed by atoms with van der Waals surface area (Å²) < 4.78 is 1.53. The first-order valence-electron chi connectivity index (χ1n) is 4.44. The average Bonchev–Trinajstić information content (AvgIpc) is 2.59. The van der Waals surface area contributed by atoms with Crippen LogP contribution in [0.3, 0.4) is 0 Å². The van der Waals surface area contributed by atoms with Crippen molar-refractivity contribution < 1.29 is 5.11 Å².